The number of carbonyl (C=O) groups excluding carboxylic acids is 2. The number of piperazine rings is 3. The van der Waals surface area contributed by atoms with Crippen LogP contribution < -0.4 is 0 Å². The number of likely N-dealkylation sites (N-methyl/N-ethyl adjacent to an activating group) is 1. The molecule has 0 aromatic heterocycles. The number of hydrogen-bond acceptors (Lipinski definition) is 4. The lowest BCUT2D eigenvalue weighted by atomic mass is 10.1. The molecule has 0 atom stereocenters. The molecule has 150 valence electrons. The smallest absolute Gasteiger partial charge is 0.306 e. The fraction of sp³-hybridized carbons (Fsp3) is 0.900. The van der Waals surface area contributed by atoms with E-state index in [2.05, 4.69) is 14.0 Å². The summed E-state index contributed by atoms with van der Waals surface area (Å²) < 4.78 is 12.9. The molecule has 26 heavy (non-hydrogen) atoms. The minimum absolute atomic E-state index is 0.0854. The van der Waals surface area contributed by atoms with Crippen molar-refractivity contribution in [2.24, 2.45) is 0 Å². The van der Waals surface area contributed by atoms with E-state index in [1.54, 1.807) is 0 Å². The fourth-order valence-electron chi connectivity index (χ4n) is 3.97. The second kappa shape index (κ2) is 10.3. The first-order chi connectivity index (χ1) is 12.5. The van der Waals surface area contributed by atoms with E-state index in [1.165, 1.54) is 48.2 Å². The highest BCUT2D eigenvalue weighted by molar-refractivity contribution is 5.69. The Hall–Kier alpha value is -1.14. The zero-order chi connectivity index (χ0) is 18.9. The molecule has 0 aliphatic carbocycles. The molecule has 3 aliphatic heterocycles. The maximum atomic E-state index is 11.9. The summed E-state index contributed by atoms with van der Waals surface area (Å²) in [4.78, 5) is 23.2. The molecule has 0 unspecified atom stereocenters. The molecular formula is C20H38N2O4+2. The molecule has 3 fully saturated rings. The number of fused-ring (bicyclic) bond motifs is 3. The maximum Gasteiger partial charge on any atom is 0.306 e. The van der Waals surface area contributed by atoms with Gasteiger partial charge in [-0.05, 0) is 19.3 Å². The number of esters is 2. The first-order valence-electron chi connectivity index (χ1n) is 10.5. The van der Waals surface area contributed by atoms with E-state index < -0.39 is 0 Å². The van der Waals surface area contributed by atoms with Crippen LogP contribution in [0.2, 0.25) is 0 Å². The largest absolute Gasteiger partial charge is 0.466 e. The summed E-state index contributed by atoms with van der Waals surface area (Å²) >= 11 is 0. The Morgan fingerprint density at radius 3 is 1.77 bits per heavy atom. The van der Waals surface area contributed by atoms with Gasteiger partial charge in [0.05, 0.1) is 33.2 Å². The average molecular weight is 371 g/mol. The number of unbranched alkanes of at least 4 members (excludes halogenated alkanes) is 2. The maximum absolute atomic E-state index is 11.9. The Labute approximate surface area is 158 Å². The van der Waals surface area contributed by atoms with Crippen LogP contribution in [0.1, 0.15) is 51.9 Å². The predicted molar refractivity (Wildman–Crippen MR) is 100 cm³/mol. The van der Waals surface area contributed by atoms with E-state index in [0.29, 0.717) is 26.1 Å². The highest BCUT2D eigenvalue weighted by Crippen LogP contribution is 2.25. The van der Waals surface area contributed by atoms with Gasteiger partial charge in [-0.3, -0.25) is 9.59 Å². The SMILES string of the molecule is CCCCC(=O)OCCCCOC(=O)CCC[N+]12CC[N+](C)(CC1)CC2. The van der Waals surface area contributed by atoms with Crippen LogP contribution in [0.4, 0.5) is 0 Å². The van der Waals surface area contributed by atoms with Gasteiger partial charge in [-0.1, -0.05) is 13.3 Å². The van der Waals surface area contributed by atoms with Crippen molar-refractivity contribution in [2.75, 3.05) is 66.1 Å². The number of hydrogen-bond donors (Lipinski definition) is 0. The van der Waals surface area contributed by atoms with Gasteiger partial charge in [0.2, 0.25) is 0 Å². The van der Waals surface area contributed by atoms with Gasteiger partial charge in [-0.15, -0.1) is 0 Å². The molecule has 6 nitrogen and oxygen atoms in total. The van der Waals surface area contributed by atoms with Crippen LogP contribution in [0, 0.1) is 0 Å². The van der Waals surface area contributed by atoms with Gasteiger partial charge in [-0.25, -0.2) is 0 Å². The van der Waals surface area contributed by atoms with Crippen LogP contribution in [0.25, 0.3) is 0 Å². The first kappa shape index (κ1) is 21.2. The number of quaternary nitrogens is 2. The van der Waals surface area contributed by atoms with Gasteiger partial charge in [0.1, 0.15) is 39.3 Å². The van der Waals surface area contributed by atoms with Crippen molar-refractivity contribution in [2.45, 2.75) is 51.9 Å². The molecule has 3 saturated heterocycles. The van der Waals surface area contributed by atoms with Crippen molar-refractivity contribution in [3.63, 3.8) is 0 Å². The lowest BCUT2D eigenvalue weighted by Crippen LogP contribution is -2.73. The third kappa shape index (κ3) is 6.88. The van der Waals surface area contributed by atoms with Crippen molar-refractivity contribution >= 4 is 11.9 Å². The predicted octanol–water partition coefficient (Wildman–Crippen LogP) is 2.11. The third-order valence-electron chi connectivity index (χ3n) is 6.16. The number of nitrogens with zero attached hydrogens (tertiary/aromatic N) is 2. The summed E-state index contributed by atoms with van der Waals surface area (Å²) in [5.74, 6) is -0.205. The minimum atomic E-state index is -0.120. The molecule has 0 aromatic carbocycles. The Morgan fingerprint density at radius 2 is 1.27 bits per heavy atom. The Bertz CT molecular complexity index is 442. The minimum Gasteiger partial charge on any atom is -0.466 e. The van der Waals surface area contributed by atoms with E-state index in [4.69, 9.17) is 9.47 Å². The molecule has 0 saturated carbocycles. The third-order valence-corrected chi connectivity index (χ3v) is 6.16. The lowest BCUT2D eigenvalue weighted by molar-refractivity contribution is -1.07. The molecule has 0 radical (unpaired) electrons. The van der Waals surface area contributed by atoms with E-state index in [-0.39, 0.29) is 11.9 Å². The van der Waals surface area contributed by atoms with Crippen molar-refractivity contribution in [1.29, 1.82) is 0 Å². The second-order valence-corrected chi connectivity index (χ2v) is 8.38. The van der Waals surface area contributed by atoms with Crippen LogP contribution >= 0.6 is 0 Å². The average Bonchev–Trinajstić information content (AvgIpc) is 2.64. The summed E-state index contributed by atoms with van der Waals surface area (Å²) in [6, 6.07) is 0. The summed E-state index contributed by atoms with van der Waals surface area (Å²) in [7, 11) is 2.37. The van der Waals surface area contributed by atoms with Crippen LogP contribution in [0.3, 0.4) is 0 Å². The summed E-state index contributed by atoms with van der Waals surface area (Å²) in [5, 5.41) is 0. The molecule has 6 heteroatoms. The van der Waals surface area contributed by atoms with Crippen LogP contribution in [0.5, 0.6) is 0 Å². The number of carbonyl (C=O) groups is 2. The van der Waals surface area contributed by atoms with Crippen molar-refractivity contribution in [3.8, 4) is 0 Å². The van der Waals surface area contributed by atoms with E-state index in [1.807, 2.05) is 0 Å². The molecular weight excluding hydrogens is 332 g/mol. The van der Waals surface area contributed by atoms with E-state index >= 15 is 0 Å². The molecule has 2 bridgehead atoms. The Balaban J connectivity index is 1.45. The Kier molecular flexibility index (Phi) is 8.35. The summed E-state index contributed by atoms with van der Waals surface area (Å²) in [6.07, 6.45) is 5.35. The number of ether oxygens (including phenoxy) is 2. The normalized spacial score (nSPS) is 27.3. The van der Waals surface area contributed by atoms with Crippen molar-refractivity contribution < 1.29 is 28.0 Å². The first-order valence-corrected chi connectivity index (χ1v) is 10.5. The number of rotatable bonds is 12. The van der Waals surface area contributed by atoms with Gasteiger partial charge in [0.15, 0.2) is 0 Å². The molecule has 0 aromatic rings. The zero-order valence-corrected chi connectivity index (χ0v) is 16.8. The van der Waals surface area contributed by atoms with Crippen LogP contribution in [-0.4, -0.2) is 87.0 Å². The van der Waals surface area contributed by atoms with Gasteiger partial charge >= 0.3 is 11.9 Å². The fourth-order valence-corrected chi connectivity index (χ4v) is 3.97. The molecule has 3 aliphatic rings. The molecule has 3 heterocycles. The second-order valence-electron chi connectivity index (χ2n) is 8.38. The highest BCUT2D eigenvalue weighted by Gasteiger charge is 2.46. The topological polar surface area (TPSA) is 52.6 Å². The standard InChI is InChI=1S/C20H38N2O4/c1-3-4-8-19(23)25-17-5-6-18-26-20(24)9-7-10-22-14-11-21(2,12-15-22)13-16-22/h3-18H2,1-2H3/q+2. The summed E-state index contributed by atoms with van der Waals surface area (Å²) in [6.45, 7) is 11.7. The van der Waals surface area contributed by atoms with E-state index in [9.17, 15) is 9.59 Å². The quantitative estimate of drug-likeness (QED) is 0.300. The van der Waals surface area contributed by atoms with Gasteiger partial charge < -0.3 is 18.4 Å². The van der Waals surface area contributed by atoms with Crippen LogP contribution in [0.15, 0.2) is 0 Å². The van der Waals surface area contributed by atoms with Gasteiger partial charge in [-0.2, -0.15) is 0 Å². The van der Waals surface area contributed by atoms with Crippen molar-refractivity contribution in [3.05, 3.63) is 0 Å². The van der Waals surface area contributed by atoms with Crippen LogP contribution in [-0.2, 0) is 19.1 Å². The van der Waals surface area contributed by atoms with Gasteiger partial charge in [0, 0.05) is 12.8 Å². The highest BCUT2D eigenvalue weighted by atomic mass is 16.5. The van der Waals surface area contributed by atoms with E-state index in [0.717, 1.165) is 38.6 Å². The van der Waals surface area contributed by atoms with Gasteiger partial charge in [0.25, 0.3) is 0 Å². The monoisotopic (exact) mass is 370 g/mol. The van der Waals surface area contributed by atoms with Crippen molar-refractivity contribution in [1.82, 2.24) is 0 Å². The molecule has 0 spiro atoms. The molecule has 0 N–H and O–H groups in total. The zero-order valence-electron chi connectivity index (χ0n) is 16.8. The lowest BCUT2D eigenvalue weighted by Gasteiger charge is -2.54. The summed E-state index contributed by atoms with van der Waals surface area (Å²) in [5.41, 5.74) is 0. The Morgan fingerprint density at radius 1 is 0.769 bits per heavy atom. The molecule has 3 rings (SSSR count). The molecule has 0 amide bonds.